The maximum Gasteiger partial charge on any atom is 0.279 e. The summed E-state index contributed by atoms with van der Waals surface area (Å²) in [6.07, 6.45) is 4.16. The Hall–Kier alpha value is -1.27. The molecule has 2 aliphatic rings. The van der Waals surface area contributed by atoms with E-state index < -0.39 is 10.2 Å². The van der Waals surface area contributed by atoms with Crippen LogP contribution in [0, 0.1) is 0 Å². The molecule has 1 aromatic heterocycles. The van der Waals surface area contributed by atoms with E-state index in [0.29, 0.717) is 31.7 Å². The van der Waals surface area contributed by atoms with Crippen molar-refractivity contribution in [3.63, 3.8) is 0 Å². The number of rotatable bonds is 7. The highest BCUT2D eigenvalue weighted by atomic mass is 35.5. The second-order valence-corrected chi connectivity index (χ2v) is 8.89. The number of nitrogens with one attached hydrogen (secondary N) is 3. The molecule has 2 aliphatic heterocycles. The average Bonchev–Trinajstić information content (AvgIpc) is 3.32. The summed E-state index contributed by atoms with van der Waals surface area (Å²) in [6.45, 7) is 5.72. The van der Waals surface area contributed by atoms with E-state index >= 15 is 0 Å². The van der Waals surface area contributed by atoms with Crippen LogP contribution in [-0.2, 0) is 21.5 Å². The Bertz CT molecular complexity index is 734. The minimum absolute atomic E-state index is 0. The van der Waals surface area contributed by atoms with Crippen molar-refractivity contribution < 1.29 is 13.2 Å². The minimum Gasteiger partial charge on any atom is -0.353 e. The Kier molecular flexibility index (Phi) is 7.57. The molecule has 2 atom stereocenters. The van der Waals surface area contributed by atoms with E-state index in [-0.39, 0.29) is 43.0 Å². The number of amides is 1. The lowest BCUT2D eigenvalue weighted by Crippen LogP contribution is -2.43. The molecule has 12 heteroatoms. The van der Waals surface area contributed by atoms with Gasteiger partial charge in [0.05, 0.1) is 30.5 Å². The first kappa shape index (κ1) is 22.0. The highest BCUT2D eigenvalue weighted by Crippen LogP contribution is 2.19. The van der Waals surface area contributed by atoms with Crippen molar-refractivity contribution in [1.82, 2.24) is 34.7 Å². The topological polar surface area (TPSA) is 121 Å². The van der Waals surface area contributed by atoms with Crippen LogP contribution in [0.1, 0.15) is 44.8 Å². The van der Waals surface area contributed by atoms with Gasteiger partial charge in [-0.2, -0.15) is 17.4 Å². The molecular weight excluding hydrogens is 394 g/mol. The molecule has 0 spiro atoms. The van der Waals surface area contributed by atoms with Gasteiger partial charge in [-0.05, 0) is 33.1 Å². The predicted molar refractivity (Wildman–Crippen MR) is 103 cm³/mol. The van der Waals surface area contributed by atoms with E-state index in [1.54, 1.807) is 10.9 Å². The largest absolute Gasteiger partial charge is 0.353 e. The first-order chi connectivity index (χ1) is 12.3. The Morgan fingerprint density at radius 1 is 1.37 bits per heavy atom. The maximum atomic E-state index is 12.2. The molecule has 0 unspecified atom stereocenters. The third-order valence-corrected chi connectivity index (χ3v) is 6.18. The summed E-state index contributed by atoms with van der Waals surface area (Å²) in [6, 6.07) is -0.122. The van der Waals surface area contributed by atoms with Gasteiger partial charge < -0.3 is 10.6 Å². The highest BCUT2D eigenvalue weighted by Gasteiger charge is 2.31. The number of hydrogen-bond acceptors (Lipinski definition) is 6. The Morgan fingerprint density at radius 3 is 2.74 bits per heavy atom. The Labute approximate surface area is 166 Å². The van der Waals surface area contributed by atoms with E-state index in [4.69, 9.17) is 0 Å². The lowest BCUT2D eigenvalue weighted by molar-refractivity contribution is -0.123. The first-order valence-electron chi connectivity index (χ1n) is 9.04. The lowest BCUT2D eigenvalue weighted by atomic mass is 10.1. The molecule has 27 heavy (non-hydrogen) atoms. The fraction of sp³-hybridized carbons (Fsp3) is 0.800. The highest BCUT2D eigenvalue weighted by molar-refractivity contribution is 7.87. The van der Waals surface area contributed by atoms with Gasteiger partial charge in [-0.25, -0.2) is 4.68 Å². The molecule has 0 aliphatic carbocycles. The van der Waals surface area contributed by atoms with Crippen molar-refractivity contribution in [2.45, 2.75) is 57.8 Å². The van der Waals surface area contributed by atoms with Crippen LogP contribution in [0.15, 0.2) is 6.20 Å². The van der Waals surface area contributed by atoms with Crippen molar-refractivity contribution in [2.75, 3.05) is 19.6 Å². The van der Waals surface area contributed by atoms with Crippen LogP contribution in [0.4, 0.5) is 0 Å². The number of hydrogen-bond donors (Lipinski definition) is 3. The molecule has 0 radical (unpaired) electrons. The van der Waals surface area contributed by atoms with Gasteiger partial charge >= 0.3 is 0 Å². The van der Waals surface area contributed by atoms with Gasteiger partial charge in [0.2, 0.25) is 5.91 Å². The van der Waals surface area contributed by atoms with E-state index in [9.17, 15) is 13.2 Å². The summed E-state index contributed by atoms with van der Waals surface area (Å²) in [7, 11) is -3.46. The molecule has 154 valence electrons. The number of nitrogens with zero attached hydrogens (tertiary/aromatic N) is 4. The number of carbonyl (C=O) groups is 1. The van der Waals surface area contributed by atoms with Crippen LogP contribution in [0.3, 0.4) is 0 Å². The number of aromatic nitrogens is 3. The van der Waals surface area contributed by atoms with Gasteiger partial charge in [0.15, 0.2) is 0 Å². The van der Waals surface area contributed by atoms with Crippen LogP contribution in [0.2, 0.25) is 0 Å². The van der Waals surface area contributed by atoms with Gasteiger partial charge in [0.1, 0.15) is 0 Å². The smallest absolute Gasteiger partial charge is 0.279 e. The first-order valence-corrected chi connectivity index (χ1v) is 10.5. The fourth-order valence-corrected chi connectivity index (χ4v) is 4.51. The molecule has 0 saturated carbocycles. The van der Waals surface area contributed by atoms with Crippen LogP contribution in [0.25, 0.3) is 0 Å². The zero-order valence-electron chi connectivity index (χ0n) is 15.6. The molecule has 1 aromatic rings. The Morgan fingerprint density at radius 2 is 2.07 bits per heavy atom. The molecule has 3 rings (SSSR count). The van der Waals surface area contributed by atoms with E-state index in [0.717, 1.165) is 12.8 Å². The van der Waals surface area contributed by atoms with Crippen LogP contribution < -0.4 is 15.4 Å². The van der Waals surface area contributed by atoms with E-state index in [2.05, 4.69) is 25.7 Å². The Balaban J connectivity index is 0.00000261. The zero-order valence-corrected chi connectivity index (χ0v) is 17.2. The molecule has 2 fully saturated rings. The lowest BCUT2D eigenvalue weighted by Gasteiger charge is -2.15. The third kappa shape index (κ3) is 5.61. The third-order valence-electron chi connectivity index (χ3n) is 4.63. The van der Waals surface area contributed by atoms with Crippen LogP contribution in [-0.4, -0.2) is 65.3 Å². The summed E-state index contributed by atoms with van der Waals surface area (Å²) >= 11 is 0. The molecule has 3 heterocycles. The van der Waals surface area contributed by atoms with E-state index in [1.165, 1.54) is 4.31 Å². The van der Waals surface area contributed by atoms with Crippen molar-refractivity contribution in [3.8, 4) is 0 Å². The van der Waals surface area contributed by atoms with Crippen molar-refractivity contribution >= 4 is 28.5 Å². The summed E-state index contributed by atoms with van der Waals surface area (Å²) in [5.74, 6) is -0.0128. The summed E-state index contributed by atoms with van der Waals surface area (Å²) in [4.78, 5) is 12.1. The van der Waals surface area contributed by atoms with Gasteiger partial charge in [0, 0.05) is 25.7 Å². The molecule has 2 saturated heterocycles. The second-order valence-electron chi connectivity index (χ2n) is 7.14. The standard InChI is InChI=1S/C15H27N7O3S.ClH/c1-11(2)18-15(23)14-7-13(9-16-14)22-10-12(19-20-22)8-17-26(24,25)21-5-3-4-6-21;/h10-11,13-14,16-17H,3-9H2,1-2H3,(H,18,23);1H/t13-,14+;/m1./s1. The second kappa shape index (κ2) is 9.28. The van der Waals surface area contributed by atoms with E-state index in [1.807, 2.05) is 13.8 Å². The molecule has 1 amide bonds. The summed E-state index contributed by atoms with van der Waals surface area (Å²) in [5.41, 5.74) is 0.558. The minimum atomic E-state index is -3.46. The molecule has 0 bridgehead atoms. The average molecular weight is 422 g/mol. The number of carbonyl (C=O) groups excluding carboxylic acids is 1. The van der Waals surface area contributed by atoms with Gasteiger partial charge in [-0.1, -0.05) is 5.21 Å². The quantitative estimate of drug-likeness (QED) is 0.548. The summed E-state index contributed by atoms with van der Waals surface area (Å²) in [5, 5.41) is 14.2. The zero-order chi connectivity index (χ0) is 18.7. The van der Waals surface area contributed by atoms with Gasteiger partial charge in [-0.3, -0.25) is 4.79 Å². The SMILES string of the molecule is CC(C)NC(=O)[C@@H]1C[C@@H](n2cc(CNS(=O)(=O)N3CCCC3)nn2)CN1.Cl. The van der Waals surface area contributed by atoms with Crippen molar-refractivity contribution in [1.29, 1.82) is 0 Å². The van der Waals surface area contributed by atoms with Crippen LogP contribution >= 0.6 is 12.4 Å². The molecule has 0 aromatic carbocycles. The maximum absolute atomic E-state index is 12.2. The molecule has 3 N–H and O–H groups in total. The molecule has 10 nitrogen and oxygen atoms in total. The fourth-order valence-electron chi connectivity index (χ4n) is 3.26. The van der Waals surface area contributed by atoms with Crippen LogP contribution in [0.5, 0.6) is 0 Å². The predicted octanol–water partition coefficient (Wildman–Crippen LogP) is -0.442. The monoisotopic (exact) mass is 421 g/mol. The van der Waals surface area contributed by atoms with Gasteiger partial charge in [0.25, 0.3) is 10.2 Å². The van der Waals surface area contributed by atoms with Crippen molar-refractivity contribution in [2.24, 2.45) is 0 Å². The summed E-state index contributed by atoms with van der Waals surface area (Å²) < 4.78 is 30.1. The normalized spacial score (nSPS) is 23.5. The van der Waals surface area contributed by atoms with Crippen molar-refractivity contribution in [3.05, 3.63) is 11.9 Å². The van der Waals surface area contributed by atoms with Gasteiger partial charge in [-0.15, -0.1) is 17.5 Å². The molecular formula is C15H28ClN7O3S. The number of halogens is 1.